The molecule has 0 spiro atoms. The summed E-state index contributed by atoms with van der Waals surface area (Å²) in [5, 5.41) is 0. The molecule has 0 heterocycles. The number of primary amides is 1. The lowest BCUT2D eigenvalue weighted by Crippen LogP contribution is -2.25. The van der Waals surface area contributed by atoms with Crippen molar-refractivity contribution in [2.75, 3.05) is 20.3 Å². The lowest BCUT2D eigenvalue weighted by Gasteiger charge is -2.15. The van der Waals surface area contributed by atoms with Crippen LogP contribution in [0.3, 0.4) is 0 Å². The molecule has 0 saturated carbocycles. The van der Waals surface area contributed by atoms with Crippen LogP contribution < -0.4 is 5.73 Å². The average Bonchev–Trinajstić information content (AvgIpc) is 2.10. The zero-order valence-corrected chi connectivity index (χ0v) is 8.28. The van der Waals surface area contributed by atoms with Crippen LogP contribution in [0.1, 0.15) is 13.8 Å². The second kappa shape index (κ2) is 6.68. The first-order valence-corrected chi connectivity index (χ1v) is 4.13. The van der Waals surface area contributed by atoms with E-state index in [1.807, 2.05) is 6.92 Å². The van der Waals surface area contributed by atoms with E-state index in [1.165, 1.54) is 0 Å². The number of amides is 1. The molecule has 2 N–H and O–H groups in total. The fraction of sp³-hybridized carbons (Fsp3) is 0.875. The SMILES string of the molecule is COC(C)COC(C)COC(N)=O. The first-order chi connectivity index (χ1) is 6.06. The molecule has 0 bridgehead atoms. The second-order valence-corrected chi connectivity index (χ2v) is 2.82. The average molecular weight is 191 g/mol. The Bertz CT molecular complexity index is 151. The molecule has 0 aromatic heterocycles. The summed E-state index contributed by atoms with van der Waals surface area (Å²) in [6, 6.07) is 0. The molecule has 0 radical (unpaired) electrons. The Hall–Kier alpha value is -0.810. The fourth-order valence-electron chi connectivity index (χ4n) is 0.615. The van der Waals surface area contributed by atoms with E-state index in [-0.39, 0.29) is 18.8 Å². The summed E-state index contributed by atoms with van der Waals surface area (Å²) in [5.41, 5.74) is 4.78. The van der Waals surface area contributed by atoms with E-state index in [4.69, 9.17) is 15.2 Å². The number of hydrogen-bond acceptors (Lipinski definition) is 4. The monoisotopic (exact) mass is 191 g/mol. The third kappa shape index (κ3) is 7.55. The summed E-state index contributed by atoms with van der Waals surface area (Å²) in [4.78, 5) is 10.2. The number of methoxy groups -OCH3 is 1. The summed E-state index contributed by atoms with van der Waals surface area (Å²) in [6.07, 6.45) is -0.906. The standard InChI is InChI=1S/C8H17NO4/c1-6(11-3)4-12-7(2)5-13-8(9)10/h6-7H,4-5H2,1-3H3,(H2,9,10). The maximum absolute atomic E-state index is 10.2. The van der Waals surface area contributed by atoms with Crippen molar-refractivity contribution in [1.29, 1.82) is 0 Å². The van der Waals surface area contributed by atoms with Gasteiger partial charge >= 0.3 is 6.09 Å². The van der Waals surface area contributed by atoms with E-state index in [0.29, 0.717) is 6.61 Å². The van der Waals surface area contributed by atoms with Crippen molar-refractivity contribution in [1.82, 2.24) is 0 Å². The summed E-state index contributed by atoms with van der Waals surface area (Å²) in [5.74, 6) is 0. The molecule has 0 rings (SSSR count). The third-order valence-corrected chi connectivity index (χ3v) is 1.48. The van der Waals surface area contributed by atoms with Crippen LogP contribution in [0.4, 0.5) is 4.79 Å². The zero-order valence-electron chi connectivity index (χ0n) is 8.28. The summed E-state index contributed by atoms with van der Waals surface area (Å²) in [7, 11) is 1.61. The van der Waals surface area contributed by atoms with Gasteiger partial charge in [-0.2, -0.15) is 0 Å². The highest BCUT2D eigenvalue weighted by Crippen LogP contribution is 1.96. The molecule has 0 fully saturated rings. The van der Waals surface area contributed by atoms with Crippen molar-refractivity contribution >= 4 is 6.09 Å². The summed E-state index contributed by atoms with van der Waals surface area (Å²) in [6.45, 7) is 4.33. The smallest absolute Gasteiger partial charge is 0.404 e. The topological polar surface area (TPSA) is 70.8 Å². The van der Waals surface area contributed by atoms with Crippen LogP contribution in [0, 0.1) is 0 Å². The van der Waals surface area contributed by atoms with Crippen molar-refractivity contribution in [2.45, 2.75) is 26.1 Å². The van der Waals surface area contributed by atoms with E-state index in [9.17, 15) is 4.79 Å². The Kier molecular flexibility index (Phi) is 6.26. The van der Waals surface area contributed by atoms with Crippen LogP contribution in [0.5, 0.6) is 0 Å². The van der Waals surface area contributed by atoms with Gasteiger partial charge in [0.05, 0.1) is 18.8 Å². The van der Waals surface area contributed by atoms with Gasteiger partial charge in [0.2, 0.25) is 0 Å². The van der Waals surface area contributed by atoms with Crippen LogP contribution in [-0.4, -0.2) is 38.6 Å². The number of ether oxygens (including phenoxy) is 3. The molecular weight excluding hydrogens is 174 g/mol. The number of nitrogens with two attached hydrogens (primary N) is 1. The van der Waals surface area contributed by atoms with Crippen molar-refractivity contribution in [2.24, 2.45) is 5.73 Å². The first-order valence-electron chi connectivity index (χ1n) is 4.13. The second-order valence-electron chi connectivity index (χ2n) is 2.82. The van der Waals surface area contributed by atoms with Gasteiger partial charge in [-0.05, 0) is 13.8 Å². The van der Waals surface area contributed by atoms with Gasteiger partial charge in [0.25, 0.3) is 0 Å². The number of rotatable bonds is 6. The van der Waals surface area contributed by atoms with E-state index < -0.39 is 6.09 Å². The van der Waals surface area contributed by atoms with Gasteiger partial charge in [0, 0.05) is 7.11 Å². The van der Waals surface area contributed by atoms with Crippen LogP contribution in [-0.2, 0) is 14.2 Å². The molecule has 2 unspecified atom stereocenters. The van der Waals surface area contributed by atoms with Gasteiger partial charge in [-0.3, -0.25) is 0 Å². The predicted octanol–water partition coefficient (Wildman–Crippen LogP) is 0.522. The highest BCUT2D eigenvalue weighted by molar-refractivity contribution is 5.64. The van der Waals surface area contributed by atoms with E-state index in [0.717, 1.165) is 0 Å². The van der Waals surface area contributed by atoms with E-state index in [1.54, 1.807) is 14.0 Å². The Labute approximate surface area is 78.1 Å². The molecule has 0 saturated heterocycles. The molecular formula is C8H17NO4. The van der Waals surface area contributed by atoms with E-state index in [2.05, 4.69) is 4.74 Å². The van der Waals surface area contributed by atoms with E-state index >= 15 is 0 Å². The van der Waals surface area contributed by atoms with Gasteiger partial charge < -0.3 is 19.9 Å². The normalized spacial score (nSPS) is 15.0. The first kappa shape index (κ1) is 12.2. The largest absolute Gasteiger partial charge is 0.447 e. The minimum Gasteiger partial charge on any atom is -0.447 e. The molecule has 0 aromatic carbocycles. The molecule has 13 heavy (non-hydrogen) atoms. The lowest BCUT2D eigenvalue weighted by molar-refractivity contribution is -0.0333. The molecule has 5 heteroatoms. The Morgan fingerprint density at radius 3 is 2.38 bits per heavy atom. The van der Waals surface area contributed by atoms with Gasteiger partial charge in [-0.15, -0.1) is 0 Å². The highest BCUT2D eigenvalue weighted by Gasteiger charge is 2.07. The van der Waals surface area contributed by atoms with Crippen molar-refractivity contribution in [3.63, 3.8) is 0 Å². The molecule has 0 aromatic rings. The molecule has 0 aliphatic heterocycles. The lowest BCUT2D eigenvalue weighted by atomic mass is 10.4. The van der Waals surface area contributed by atoms with Gasteiger partial charge in [-0.25, -0.2) is 4.79 Å². The Balaban J connectivity index is 3.39. The maximum Gasteiger partial charge on any atom is 0.404 e. The van der Waals surface area contributed by atoms with Crippen LogP contribution in [0.15, 0.2) is 0 Å². The molecule has 0 aliphatic carbocycles. The summed E-state index contributed by atoms with van der Waals surface area (Å²) < 4.78 is 14.8. The van der Waals surface area contributed by atoms with Crippen molar-refractivity contribution in [3.8, 4) is 0 Å². The fourth-order valence-corrected chi connectivity index (χ4v) is 0.615. The highest BCUT2D eigenvalue weighted by atomic mass is 16.6. The molecule has 5 nitrogen and oxygen atoms in total. The molecule has 0 aliphatic rings. The van der Waals surface area contributed by atoms with Crippen LogP contribution in [0.25, 0.3) is 0 Å². The van der Waals surface area contributed by atoms with Crippen molar-refractivity contribution in [3.05, 3.63) is 0 Å². The van der Waals surface area contributed by atoms with Gasteiger partial charge in [0.1, 0.15) is 6.61 Å². The molecule has 78 valence electrons. The third-order valence-electron chi connectivity index (χ3n) is 1.48. The maximum atomic E-state index is 10.2. The number of hydrogen-bond donors (Lipinski definition) is 1. The van der Waals surface area contributed by atoms with Gasteiger partial charge in [-0.1, -0.05) is 0 Å². The van der Waals surface area contributed by atoms with Crippen LogP contribution in [0.2, 0.25) is 0 Å². The summed E-state index contributed by atoms with van der Waals surface area (Å²) >= 11 is 0. The number of carbonyl (C=O) groups is 1. The van der Waals surface area contributed by atoms with Crippen LogP contribution >= 0.6 is 0 Å². The zero-order chi connectivity index (χ0) is 10.3. The van der Waals surface area contributed by atoms with Crippen molar-refractivity contribution < 1.29 is 19.0 Å². The van der Waals surface area contributed by atoms with Gasteiger partial charge in [0.15, 0.2) is 0 Å². The number of carbonyl (C=O) groups excluding carboxylic acids is 1. The minimum atomic E-state index is -0.782. The predicted molar refractivity (Wildman–Crippen MR) is 47.4 cm³/mol. The Morgan fingerprint density at radius 1 is 1.31 bits per heavy atom. The Morgan fingerprint density at radius 2 is 1.92 bits per heavy atom. The quantitative estimate of drug-likeness (QED) is 0.664. The molecule has 1 amide bonds. The molecule has 2 atom stereocenters. The minimum absolute atomic E-state index is 0.0380.